The Morgan fingerprint density at radius 1 is 1.33 bits per heavy atom. The lowest BCUT2D eigenvalue weighted by atomic mass is 10.2. The molecule has 0 amide bonds. The molecule has 0 spiro atoms. The Labute approximate surface area is 134 Å². The van der Waals surface area contributed by atoms with Crippen molar-refractivity contribution in [1.82, 2.24) is 9.55 Å². The average molecular weight is 360 g/mol. The number of methoxy groups -OCH3 is 1. The van der Waals surface area contributed by atoms with Gasteiger partial charge < -0.3 is 9.72 Å². The van der Waals surface area contributed by atoms with Crippen molar-refractivity contribution in [3.8, 4) is 17.5 Å². The number of para-hydroxylation sites is 1. The first-order valence-electron chi connectivity index (χ1n) is 6.13. The Hall–Kier alpha value is -2.10. The molecule has 0 aliphatic rings. The van der Waals surface area contributed by atoms with Crippen molar-refractivity contribution >= 4 is 39.2 Å². The van der Waals surface area contributed by atoms with E-state index in [9.17, 15) is 5.26 Å². The van der Waals surface area contributed by atoms with Gasteiger partial charge in [0.05, 0.1) is 33.9 Å². The predicted octanol–water partition coefficient (Wildman–Crippen LogP) is 4.33. The molecule has 0 aliphatic carbocycles. The summed E-state index contributed by atoms with van der Waals surface area (Å²) in [6.45, 7) is 0. The zero-order chi connectivity index (χ0) is 15.0. The maximum Gasteiger partial charge on any atom is 0.182 e. The number of nitrogens with zero attached hydrogens (tertiary/aromatic N) is 2. The maximum atomic E-state index is 9.19. The molecular weight excluding hydrogens is 350 g/mol. The molecule has 0 aliphatic heterocycles. The van der Waals surface area contributed by atoms with Crippen molar-refractivity contribution < 1.29 is 4.74 Å². The number of nitrogens with one attached hydrogen (secondary N) is 1. The van der Waals surface area contributed by atoms with Gasteiger partial charge in [-0.3, -0.25) is 4.57 Å². The summed E-state index contributed by atoms with van der Waals surface area (Å²) in [5, 5.41) is 9.19. The van der Waals surface area contributed by atoms with E-state index in [0.717, 1.165) is 26.9 Å². The molecule has 0 atom stereocenters. The third kappa shape index (κ3) is 2.24. The third-order valence-electron chi connectivity index (χ3n) is 3.23. The van der Waals surface area contributed by atoms with Crippen molar-refractivity contribution in [2.24, 2.45) is 0 Å². The fourth-order valence-corrected chi connectivity index (χ4v) is 2.98. The van der Waals surface area contributed by atoms with Gasteiger partial charge in [0, 0.05) is 6.07 Å². The van der Waals surface area contributed by atoms with Gasteiger partial charge in [0.15, 0.2) is 4.77 Å². The molecule has 1 N–H and O–H groups in total. The molecule has 2 aromatic carbocycles. The molecule has 3 aromatic rings. The number of aromatic nitrogens is 2. The van der Waals surface area contributed by atoms with E-state index in [4.69, 9.17) is 17.0 Å². The molecule has 0 fully saturated rings. The Kier molecular flexibility index (Phi) is 3.53. The summed E-state index contributed by atoms with van der Waals surface area (Å²) in [7, 11) is 1.62. The average Bonchev–Trinajstić information content (AvgIpc) is 2.83. The molecule has 0 saturated carbocycles. The van der Waals surface area contributed by atoms with Gasteiger partial charge in [-0.15, -0.1) is 0 Å². The van der Waals surface area contributed by atoms with E-state index in [-0.39, 0.29) is 0 Å². The summed E-state index contributed by atoms with van der Waals surface area (Å²) >= 11 is 8.83. The van der Waals surface area contributed by atoms with Gasteiger partial charge in [-0.2, -0.15) is 5.26 Å². The minimum Gasteiger partial charge on any atom is -0.495 e. The number of rotatable bonds is 2. The van der Waals surface area contributed by atoms with Crippen LogP contribution in [0.25, 0.3) is 16.7 Å². The molecule has 104 valence electrons. The third-order valence-corrected chi connectivity index (χ3v) is 4.17. The van der Waals surface area contributed by atoms with Crippen LogP contribution in [0.5, 0.6) is 5.75 Å². The number of halogens is 1. The van der Waals surface area contributed by atoms with Crippen LogP contribution in [0, 0.1) is 16.1 Å². The maximum absolute atomic E-state index is 9.19. The molecule has 6 heteroatoms. The van der Waals surface area contributed by atoms with Crippen LogP contribution in [0.3, 0.4) is 0 Å². The predicted molar refractivity (Wildman–Crippen MR) is 87.4 cm³/mol. The minimum absolute atomic E-state index is 0.539. The Morgan fingerprint density at radius 2 is 2.14 bits per heavy atom. The highest BCUT2D eigenvalue weighted by Gasteiger charge is 2.11. The van der Waals surface area contributed by atoms with Gasteiger partial charge in [-0.25, -0.2) is 0 Å². The van der Waals surface area contributed by atoms with Crippen molar-refractivity contribution in [1.29, 1.82) is 5.26 Å². The number of H-pyrrole nitrogens is 1. The molecule has 21 heavy (non-hydrogen) atoms. The van der Waals surface area contributed by atoms with Crippen LogP contribution >= 0.6 is 28.1 Å². The summed E-state index contributed by atoms with van der Waals surface area (Å²) in [4.78, 5) is 3.10. The highest BCUT2D eigenvalue weighted by Crippen LogP contribution is 2.29. The second-order valence-electron chi connectivity index (χ2n) is 4.40. The summed E-state index contributed by atoms with van der Waals surface area (Å²) in [6, 6.07) is 13.4. The summed E-state index contributed by atoms with van der Waals surface area (Å²) in [6.07, 6.45) is 0. The topological polar surface area (TPSA) is 53.7 Å². The number of benzene rings is 2. The van der Waals surface area contributed by atoms with E-state index in [0.29, 0.717) is 10.3 Å². The van der Waals surface area contributed by atoms with Crippen molar-refractivity contribution in [2.45, 2.75) is 0 Å². The van der Waals surface area contributed by atoms with E-state index in [1.165, 1.54) is 0 Å². The smallest absolute Gasteiger partial charge is 0.182 e. The number of hydrogen-bond acceptors (Lipinski definition) is 3. The number of ether oxygens (including phenoxy) is 1. The lowest BCUT2D eigenvalue weighted by Gasteiger charge is -2.08. The quantitative estimate of drug-likeness (QED) is 0.692. The monoisotopic (exact) mass is 359 g/mol. The van der Waals surface area contributed by atoms with Crippen molar-refractivity contribution in [2.75, 3.05) is 7.11 Å². The van der Waals surface area contributed by atoms with Crippen LogP contribution in [-0.2, 0) is 0 Å². The van der Waals surface area contributed by atoms with E-state index in [1.807, 2.05) is 34.9 Å². The number of nitriles is 1. The first-order chi connectivity index (χ1) is 10.2. The SMILES string of the molecule is COc1cc(-n2c(=S)[nH]c3c(C#N)cccc32)ccc1Br. The fourth-order valence-electron chi connectivity index (χ4n) is 2.27. The normalized spacial score (nSPS) is 10.5. The van der Waals surface area contributed by atoms with Gasteiger partial charge in [-0.05, 0) is 52.4 Å². The molecule has 1 aromatic heterocycles. The van der Waals surface area contributed by atoms with E-state index in [2.05, 4.69) is 27.0 Å². The molecule has 0 unspecified atom stereocenters. The van der Waals surface area contributed by atoms with Gasteiger partial charge in [0.25, 0.3) is 0 Å². The number of aromatic amines is 1. The first-order valence-corrected chi connectivity index (χ1v) is 7.33. The summed E-state index contributed by atoms with van der Waals surface area (Å²) in [5.41, 5.74) is 3.05. The van der Waals surface area contributed by atoms with Crippen molar-refractivity contribution in [3.05, 3.63) is 51.2 Å². The van der Waals surface area contributed by atoms with Gasteiger partial charge in [0.2, 0.25) is 0 Å². The lowest BCUT2D eigenvalue weighted by molar-refractivity contribution is 0.412. The van der Waals surface area contributed by atoms with Gasteiger partial charge in [0.1, 0.15) is 11.8 Å². The van der Waals surface area contributed by atoms with Crippen LogP contribution in [0.1, 0.15) is 5.56 Å². The lowest BCUT2D eigenvalue weighted by Crippen LogP contribution is -1.95. The minimum atomic E-state index is 0.539. The summed E-state index contributed by atoms with van der Waals surface area (Å²) in [5.74, 6) is 0.722. The first kappa shape index (κ1) is 13.9. The van der Waals surface area contributed by atoms with Gasteiger partial charge in [-0.1, -0.05) is 6.07 Å². The molecule has 0 saturated heterocycles. The molecule has 1 heterocycles. The van der Waals surface area contributed by atoms with E-state index in [1.54, 1.807) is 13.2 Å². The zero-order valence-electron chi connectivity index (χ0n) is 11.1. The van der Waals surface area contributed by atoms with Gasteiger partial charge >= 0.3 is 0 Å². The van der Waals surface area contributed by atoms with E-state index < -0.39 is 0 Å². The molecule has 4 nitrogen and oxygen atoms in total. The molecule has 0 radical (unpaired) electrons. The van der Waals surface area contributed by atoms with Crippen molar-refractivity contribution in [3.63, 3.8) is 0 Å². The molecule has 0 bridgehead atoms. The van der Waals surface area contributed by atoms with Crippen LogP contribution in [0.2, 0.25) is 0 Å². The highest BCUT2D eigenvalue weighted by molar-refractivity contribution is 9.10. The number of fused-ring (bicyclic) bond motifs is 1. The Bertz CT molecular complexity index is 936. The molecule has 3 rings (SSSR count). The summed E-state index contributed by atoms with van der Waals surface area (Å²) < 4.78 is 8.63. The van der Waals surface area contributed by atoms with Crippen LogP contribution in [-0.4, -0.2) is 16.7 Å². The Balaban J connectivity index is 2.34. The van der Waals surface area contributed by atoms with E-state index >= 15 is 0 Å². The van der Waals surface area contributed by atoms with Crippen LogP contribution in [0.15, 0.2) is 40.9 Å². The van der Waals surface area contributed by atoms with Crippen LogP contribution < -0.4 is 4.74 Å². The fraction of sp³-hybridized carbons (Fsp3) is 0.0667. The van der Waals surface area contributed by atoms with Crippen LogP contribution in [0.4, 0.5) is 0 Å². The standard InChI is InChI=1S/C15H10BrN3OS/c1-20-13-7-10(5-6-11(13)16)19-12-4-2-3-9(8-17)14(12)18-15(19)21/h2-7H,1H3,(H,18,21). The largest absolute Gasteiger partial charge is 0.495 e. The highest BCUT2D eigenvalue weighted by atomic mass is 79.9. The second kappa shape index (κ2) is 5.35. The Morgan fingerprint density at radius 3 is 2.86 bits per heavy atom. The number of imidazole rings is 1. The second-order valence-corrected chi connectivity index (χ2v) is 5.64. The molecular formula is C15H10BrN3OS. The number of hydrogen-bond donors (Lipinski definition) is 1. The zero-order valence-corrected chi connectivity index (χ0v) is 13.5.